The predicted molar refractivity (Wildman–Crippen MR) is 121 cm³/mol. The monoisotopic (exact) mass is 441 g/mol. The molecule has 3 aliphatic rings. The molecule has 1 aliphatic carbocycles. The molecular weight excluding hydrogens is 406 g/mol. The molecule has 3 amide bonds. The number of nitrogens with zero attached hydrogens (tertiary/aromatic N) is 2. The number of nitrogens with one attached hydrogen (secondary N) is 1. The Morgan fingerprint density at radius 1 is 1.06 bits per heavy atom. The smallest absolute Gasteiger partial charge is 0.226 e. The molecule has 1 N–H and O–H groups in total. The minimum atomic E-state index is -0.211. The molecule has 2 saturated heterocycles. The molecule has 2 heterocycles. The van der Waals surface area contributed by atoms with Crippen molar-refractivity contribution in [2.45, 2.75) is 45.4 Å². The zero-order valence-electron chi connectivity index (χ0n) is 19.1. The first-order valence-electron chi connectivity index (χ1n) is 12.1. The Hall–Kier alpha value is -2.57. The van der Waals surface area contributed by atoms with Gasteiger partial charge in [0.1, 0.15) is 5.75 Å². The highest BCUT2D eigenvalue weighted by atomic mass is 16.5. The van der Waals surface area contributed by atoms with Crippen LogP contribution < -0.4 is 10.1 Å². The average Bonchev–Trinajstić information content (AvgIpc) is 3.56. The van der Waals surface area contributed by atoms with E-state index in [1.165, 1.54) is 12.8 Å². The molecule has 1 atom stereocenters. The lowest BCUT2D eigenvalue weighted by Crippen LogP contribution is -2.42. The number of benzene rings is 1. The number of piperidine rings is 1. The Morgan fingerprint density at radius 2 is 1.78 bits per heavy atom. The number of ether oxygens (including phenoxy) is 1. The molecule has 2 aliphatic heterocycles. The van der Waals surface area contributed by atoms with Crippen molar-refractivity contribution < 1.29 is 19.1 Å². The third-order valence-electron chi connectivity index (χ3n) is 6.88. The predicted octanol–water partition coefficient (Wildman–Crippen LogP) is 2.24. The first-order valence-corrected chi connectivity index (χ1v) is 12.1. The zero-order chi connectivity index (χ0) is 22.5. The van der Waals surface area contributed by atoms with Crippen molar-refractivity contribution in [3.05, 3.63) is 29.8 Å². The van der Waals surface area contributed by atoms with Gasteiger partial charge in [-0.2, -0.15) is 0 Å². The summed E-state index contributed by atoms with van der Waals surface area (Å²) in [6, 6.07) is 7.72. The molecule has 174 valence electrons. The van der Waals surface area contributed by atoms with Gasteiger partial charge in [0.2, 0.25) is 17.7 Å². The van der Waals surface area contributed by atoms with Crippen molar-refractivity contribution in [2.75, 3.05) is 39.3 Å². The van der Waals surface area contributed by atoms with Crippen molar-refractivity contribution in [2.24, 2.45) is 17.8 Å². The number of carbonyl (C=O) groups excluding carboxylic acids is 3. The van der Waals surface area contributed by atoms with Crippen molar-refractivity contribution in [1.29, 1.82) is 0 Å². The van der Waals surface area contributed by atoms with E-state index in [0.717, 1.165) is 43.8 Å². The lowest BCUT2D eigenvalue weighted by atomic mass is 9.95. The van der Waals surface area contributed by atoms with Crippen LogP contribution >= 0.6 is 0 Å². The number of carbonyl (C=O) groups is 3. The second-order valence-electron chi connectivity index (χ2n) is 9.47. The minimum absolute atomic E-state index is 0.0301. The molecule has 3 fully saturated rings. The van der Waals surface area contributed by atoms with Crippen molar-refractivity contribution in [1.82, 2.24) is 15.1 Å². The average molecular weight is 442 g/mol. The van der Waals surface area contributed by atoms with Crippen LogP contribution in [0, 0.1) is 17.8 Å². The Labute approximate surface area is 190 Å². The highest BCUT2D eigenvalue weighted by Crippen LogP contribution is 2.28. The van der Waals surface area contributed by atoms with E-state index < -0.39 is 0 Å². The summed E-state index contributed by atoms with van der Waals surface area (Å²) in [7, 11) is 0. The fraction of sp³-hybridized carbons (Fsp3) is 0.640. The molecule has 1 aromatic carbocycles. The van der Waals surface area contributed by atoms with Gasteiger partial charge in [-0.25, -0.2) is 0 Å². The minimum Gasteiger partial charge on any atom is -0.494 e. The molecule has 7 nitrogen and oxygen atoms in total. The molecule has 0 aromatic heterocycles. The van der Waals surface area contributed by atoms with Gasteiger partial charge in [-0.3, -0.25) is 14.4 Å². The van der Waals surface area contributed by atoms with Gasteiger partial charge in [-0.05, 0) is 62.1 Å². The number of amides is 3. The highest BCUT2D eigenvalue weighted by molar-refractivity contribution is 5.89. The van der Waals surface area contributed by atoms with E-state index in [0.29, 0.717) is 44.4 Å². The largest absolute Gasteiger partial charge is 0.494 e. The molecule has 7 heteroatoms. The van der Waals surface area contributed by atoms with E-state index >= 15 is 0 Å². The molecule has 4 rings (SSSR count). The van der Waals surface area contributed by atoms with Gasteiger partial charge < -0.3 is 19.9 Å². The number of likely N-dealkylation sites (tertiary alicyclic amines) is 2. The fourth-order valence-corrected chi connectivity index (χ4v) is 4.67. The van der Waals surface area contributed by atoms with E-state index in [2.05, 4.69) is 5.32 Å². The van der Waals surface area contributed by atoms with Crippen LogP contribution in [-0.4, -0.2) is 66.9 Å². The third kappa shape index (κ3) is 6.02. The summed E-state index contributed by atoms with van der Waals surface area (Å²) in [4.78, 5) is 41.3. The highest BCUT2D eigenvalue weighted by Gasteiger charge is 2.36. The van der Waals surface area contributed by atoms with E-state index in [4.69, 9.17) is 4.74 Å². The maximum absolute atomic E-state index is 12.7. The van der Waals surface area contributed by atoms with Crippen molar-refractivity contribution >= 4 is 17.7 Å². The SMILES string of the molecule is CCOc1ccc(CC(=O)N2CCC(CN3CC(C(=O)NCC4CC4)CC3=O)CC2)cc1. The van der Waals surface area contributed by atoms with E-state index in [1.54, 1.807) is 0 Å². The zero-order valence-corrected chi connectivity index (χ0v) is 19.1. The van der Waals surface area contributed by atoms with Crippen molar-refractivity contribution in [3.63, 3.8) is 0 Å². The normalized spacial score (nSPS) is 21.7. The van der Waals surface area contributed by atoms with Gasteiger partial charge in [0.15, 0.2) is 0 Å². The van der Waals surface area contributed by atoms with Crippen LogP contribution in [0.3, 0.4) is 0 Å². The van der Waals surface area contributed by atoms with Gasteiger partial charge in [0, 0.05) is 39.1 Å². The molecule has 32 heavy (non-hydrogen) atoms. The van der Waals surface area contributed by atoms with Crippen LogP contribution in [0.2, 0.25) is 0 Å². The van der Waals surface area contributed by atoms with Gasteiger partial charge in [-0.15, -0.1) is 0 Å². The summed E-state index contributed by atoms with van der Waals surface area (Å²) >= 11 is 0. The molecule has 1 unspecified atom stereocenters. The van der Waals surface area contributed by atoms with Crippen LogP contribution in [-0.2, 0) is 20.8 Å². The first kappa shape index (κ1) is 22.6. The van der Waals surface area contributed by atoms with E-state index in [9.17, 15) is 14.4 Å². The van der Waals surface area contributed by atoms with E-state index in [-0.39, 0.29) is 23.6 Å². The van der Waals surface area contributed by atoms with Gasteiger partial charge in [-0.1, -0.05) is 12.1 Å². The van der Waals surface area contributed by atoms with Gasteiger partial charge in [0.05, 0.1) is 18.9 Å². The maximum Gasteiger partial charge on any atom is 0.226 e. The summed E-state index contributed by atoms with van der Waals surface area (Å²) in [6.45, 7) is 6.03. The van der Waals surface area contributed by atoms with Gasteiger partial charge in [0.25, 0.3) is 0 Å². The molecular formula is C25H35N3O4. The quantitative estimate of drug-likeness (QED) is 0.638. The number of hydrogen-bond donors (Lipinski definition) is 1. The lowest BCUT2D eigenvalue weighted by molar-refractivity contribution is -0.133. The van der Waals surface area contributed by atoms with Crippen LogP contribution in [0.5, 0.6) is 5.75 Å². The Kier molecular flexibility index (Phi) is 7.33. The second-order valence-corrected chi connectivity index (χ2v) is 9.47. The molecule has 1 aromatic rings. The molecule has 0 bridgehead atoms. The molecule has 0 radical (unpaired) electrons. The number of rotatable bonds is 9. The summed E-state index contributed by atoms with van der Waals surface area (Å²) < 4.78 is 5.45. The lowest BCUT2D eigenvalue weighted by Gasteiger charge is -2.34. The number of hydrogen-bond acceptors (Lipinski definition) is 4. The summed E-state index contributed by atoms with van der Waals surface area (Å²) in [5, 5.41) is 3.01. The summed E-state index contributed by atoms with van der Waals surface area (Å²) in [5.41, 5.74) is 0.995. The maximum atomic E-state index is 12.7. The Balaban J connectivity index is 1.18. The first-order chi connectivity index (χ1) is 15.5. The van der Waals surface area contributed by atoms with E-state index in [1.807, 2.05) is 41.0 Å². The van der Waals surface area contributed by atoms with Crippen LogP contribution in [0.4, 0.5) is 0 Å². The van der Waals surface area contributed by atoms with Gasteiger partial charge >= 0.3 is 0 Å². The third-order valence-corrected chi connectivity index (χ3v) is 6.88. The van der Waals surface area contributed by atoms with Crippen LogP contribution in [0.25, 0.3) is 0 Å². The molecule has 1 saturated carbocycles. The summed E-state index contributed by atoms with van der Waals surface area (Å²) in [6.07, 6.45) is 4.94. The standard InChI is InChI=1S/C25H35N3O4/c1-2-32-22-7-5-18(6-8-22)13-23(29)27-11-9-20(10-12-27)16-28-17-21(14-24(28)30)25(31)26-15-19-3-4-19/h5-8,19-21H,2-4,9-17H2,1H3,(H,26,31). The van der Waals surface area contributed by atoms with Crippen LogP contribution in [0.1, 0.15) is 44.6 Å². The topological polar surface area (TPSA) is 79.0 Å². The summed E-state index contributed by atoms with van der Waals surface area (Å²) in [5.74, 6) is 1.92. The Bertz CT molecular complexity index is 813. The Morgan fingerprint density at radius 3 is 2.44 bits per heavy atom. The molecule has 0 spiro atoms. The fourth-order valence-electron chi connectivity index (χ4n) is 4.67. The van der Waals surface area contributed by atoms with Crippen LogP contribution in [0.15, 0.2) is 24.3 Å². The van der Waals surface area contributed by atoms with Crippen molar-refractivity contribution in [3.8, 4) is 5.75 Å². The second kappa shape index (κ2) is 10.4.